The van der Waals surface area contributed by atoms with E-state index in [9.17, 15) is 0 Å². The maximum Gasteiger partial charge on any atom is 0.169 e. The SMILES string of the molecule is CCCN(C1CCC(N)CC1)C(C)c1ccc(Br)o1. The first-order valence-electron chi connectivity index (χ1n) is 7.38. The lowest BCUT2D eigenvalue weighted by atomic mass is 9.89. The van der Waals surface area contributed by atoms with Crippen LogP contribution in [0.15, 0.2) is 21.2 Å². The van der Waals surface area contributed by atoms with Crippen LogP contribution in [-0.2, 0) is 0 Å². The van der Waals surface area contributed by atoms with Crippen molar-refractivity contribution in [3.8, 4) is 0 Å². The molecule has 0 bridgehead atoms. The number of nitrogens with zero attached hydrogens (tertiary/aromatic N) is 1. The molecule has 1 aromatic heterocycles. The molecule has 1 fully saturated rings. The summed E-state index contributed by atoms with van der Waals surface area (Å²) in [4.78, 5) is 2.59. The van der Waals surface area contributed by atoms with Crippen molar-refractivity contribution in [3.63, 3.8) is 0 Å². The fraction of sp³-hybridized carbons (Fsp3) is 0.733. The highest BCUT2D eigenvalue weighted by atomic mass is 79.9. The Hall–Kier alpha value is -0.320. The highest BCUT2D eigenvalue weighted by Gasteiger charge is 2.28. The summed E-state index contributed by atoms with van der Waals surface area (Å²) in [5, 5.41) is 0. The highest BCUT2D eigenvalue weighted by Crippen LogP contribution is 2.31. The zero-order valence-electron chi connectivity index (χ0n) is 11.9. The Morgan fingerprint density at radius 1 is 1.37 bits per heavy atom. The van der Waals surface area contributed by atoms with E-state index in [-0.39, 0.29) is 0 Å². The van der Waals surface area contributed by atoms with Crippen molar-refractivity contribution in [2.75, 3.05) is 6.54 Å². The second kappa shape index (κ2) is 6.91. The molecule has 1 aromatic rings. The number of halogens is 1. The Kier molecular flexibility index (Phi) is 5.48. The van der Waals surface area contributed by atoms with E-state index < -0.39 is 0 Å². The van der Waals surface area contributed by atoms with E-state index in [1.165, 1.54) is 19.3 Å². The monoisotopic (exact) mass is 328 g/mol. The molecule has 2 rings (SSSR count). The van der Waals surface area contributed by atoms with Crippen LogP contribution in [0.1, 0.15) is 57.8 Å². The molecule has 0 amide bonds. The van der Waals surface area contributed by atoms with Gasteiger partial charge in [0.25, 0.3) is 0 Å². The van der Waals surface area contributed by atoms with Crippen molar-refractivity contribution in [3.05, 3.63) is 22.6 Å². The normalized spacial score (nSPS) is 25.7. The van der Waals surface area contributed by atoms with Gasteiger partial charge in [-0.15, -0.1) is 0 Å². The molecule has 3 nitrogen and oxygen atoms in total. The van der Waals surface area contributed by atoms with Gasteiger partial charge in [0.2, 0.25) is 0 Å². The summed E-state index contributed by atoms with van der Waals surface area (Å²) in [5.74, 6) is 1.05. The zero-order valence-corrected chi connectivity index (χ0v) is 13.5. The Morgan fingerprint density at radius 3 is 2.58 bits per heavy atom. The van der Waals surface area contributed by atoms with Crippen LogP contribution in [0.25, 0.3) is 0 Å². The molecule has 0 spiro atoms. The van der Waals surface area contributed by atoms with Crippen LogP contribution in [0.2, 0.25) is 0 Å². The molecular weight excluding hydrogens is 304 g/mol. The summed E-state index contributed by atoms with van der Waals surface area (Å²) in [6.45, 7) is 5.61. The van der Waals surface area contributed by atoms with Crippen molar-refractivity contribution < 1.29 is 4.42 Å². The molecule has 4 heteroatoms. The minimum Gasteiger partial charge on any atom is -0.453 e. The third-order valence-corrected chi connectivity index (χ3v) is 4.62. The number of rotatable bonds is 5. The maximum atomic E-state index is 6.02. The Bertz CT molecular complexity index is 385. The fourth-order valence-electron chi connectivity index (χ4n) is 3.10. The molecule has 19 heavy (non-hydrogen) atoms. The molecule has 1 atom stereocenters. The number of hydrogen-bond donors (Lipinski definition) is 1. The van der Waals surface area contributed by atoms with Crippen molar-refractivity contribution in [1.29, 1.82) is 0 Å². The number of furan rings is 1. The van der Waals surface area contributed by atoms with Crippen LogP contribution >= 0.6 is 15.9 Å². The topological polar surface area (TPSA) is 42.4 Å². The van der Waals surface area contributed by atoms with Crippen LogP contribution in [0, 0.1) is 0 Å². The van der Waals surface area contributed by atoms with Gasteiger partial charge < -0.3 is 10.2 Å². The predicted molar refractivity (Wildman–Crippen MR) is 82.1 cm³/mol. The van der Waals surface area contributed by atoms with Crippen LogP contribution in [0.5, 0.6) is 0 Å². The van der Waals surface area contributed by atoms with E-state index >= 15 is 0 Å². The second-order valence-electron chi connectivity index (χ2n) is 5.62. The van der Waals surface area contributed by atoms with Gasteiger partial charge in [-0.3, -0.25) is 4.90 Å². The van der Waals surface area contributed by atoms with E-state index in [0.29, 0.717) is 18.1 Å². The maximum absolute atomic E-state index is 6.02. The lowest BCUT2D eigenvalue weighted by Crippen LogP contribution is -2.42. The molecule has 2 N–H and O–H groups in total. The Morgan fingerprint density at radius 2 is 2.05 bits per heavy atom. The minimum absolute atomic E-state index is 0.338. The van der Waals surface area contributed by atoms with Crippen LogP contribution in [-0.4, -0.2) is 23.5 Å². The van der Waals surface area contributed by atoms with Gasteiger partial charge in [0.05, 0.1) is 6.04 Å². The average molecular weight is 329 g/mol. The first-order valence-corrected chi connectivity index (χ1v) is 8.17. The molecular formula is C15H25BrN2O. The van der Waals surface area contributed by atoms with Gasteiger partial charge in [0.15, 0.2) is 4.67 Å². The molecule has 0 saturated heterocycles. The molecule has 108 valence electrons. The number of hydrogen-bond acceptors (Lipinski definition) is 3. The summed E-state index contributed by atoms with van der Waals surface area (Å²) < 4.78 is 6.55. The summed E-state index contributed by atoms with van der Waals surface area (Å²) in [7, 11) is 0. The Balaban J connectivity index is 2.06. The van der Waals surface area contributed by atoms with Crippen LogP contribution < -0.4 is 5.73 Å². The standard InChI is InChI=1S/C15H25BrN2O/c1-3-10-18(13-6-4-12(17)5-7-13)11(2)14-8-9-15(16)19-14/h8-9,11-13H,3-7,10,17H2,1-2H3. The van der Waals surface area contributed by atoms with Crippen molar-refractivity contribution in [2.45, 2.75) is 64.1 Å². The smallest absolute Gasteiger partial charge is 0.169 e. The summed E-state index contributed by atoms with van der Waals surface area (Å²) in [6, 6.07) is 5.45. The molecule has 1 saturated carbocycles. The molecule has 1 heterocycles. The molecule has 0 aliphatic heterocycles. The van der Waals surface area contributed by atoms with Crippen molar-refractivity contribution in [1.82, 2.24) is 4.90 Å². The second-order valence-corrected chi connectivity index (χ2v) is 6.41. The third-order valence-electron chi connectivity index (χ3n) is 4.20. The van der Waals surface area contributed by atoms with Gasteiger partial charge in [-0.1, -0.05) is 6.92 Å². The molecule has 0 radical (unpaired) electrons. The Labute approximate surface area is 124 Å². The molecule has 1 aliphatic rings. The quantitative estimate of drug-likeness (QED) is 0.885. The van der Waals surface area contributed by atoms with Crippen molar-refractivity contribution >= 4 is 15.9 Å². The van der Waals surface area contributed by atoms with E-state index in [0.717, 1.165) is 29.8 Å². The van der Waals surface area contributed by atoms with Crippen LogP contribution in [0.4, 0.5) is 0 Å². The van der Waals surface area contributed by atoms with Gasteiger partial charge in [0.1, 0.15) is 5.76 Å². The first-order chi connectivity index (χ1) is 9.11. The van der Waals surface area contributed by atoms with Crippen LogP contribution in [0.3, 0.4) is 0 Å². The van der Waals surface area contributed by atoms with Gasteiger partial charge >= 0.3 is 0 Å². The molecule has 1 unspecified atom stereocenters. The molecule has 1 aliphatic carbocycles. The third kappa shape index (κ3) is 3.83. The van der Waals surface area contributed by atoms with E-state index in [4.69, 9.17) is 10.2 Å². The summed E-state index contributed by atoms with van der Waals surface area (Å²) >= 11 is 3.39. The van der Waals surface area contributed by atoms with Gasteiger partial charge in [0, 0.05) is 12.1 Å². The largest absolute Gasteiger partial charge is 0.453 e. The first kappa shape index (κ1) is 15.1. The summed E-state index contributed by atoms with van der Waals surface area (Å²) in [5.41, 5.74) is 6.02. The number of nitrogens with two attached hydrogens (primary N) is 1. The lowest BCUT2D eigenvalue weighted by Gasteiger charge is -2.39. The van der Waals surface area contributed by atoms with E-state index in [1.54, 1.807) is 0 Å². The van der Waals surface area contributed by atoms with Gasteiger partial charge in [-0.05, 0) is 73.6 Å². The predicted octanol–water partition coefficient (Wildman–Crippen LogP) is 4.09. The lowest BCUT2D eigenvalue weighted by molar-refractivity contribution is 0.0954. The van der Waals surface area contributed by atoms with Gasteiger partial charge in [-0.25, -0.2) is 0 Å². The van der Waals surface area contributed by atoms with Gasteiger partial charge in [-0.2, -0.15) is 0 Å². The molecule has 0 aromatic carbocycles. The van der Waals surface area contributed by atoms with E-state index in [1.807, 2.05) is 6.07 Å². The fourth-order valence-corrected chi connectivity index (χ4v) is 3.42. The zero-order chi connectivity index (χ0) is 13.8. The summed E-state index contributed by atoms with van der Waals surface area (Å²) in [6.07, 6.45) is 5.91. The minimum atomic E-state index is 0.338. The van der Waals surface area contributed by atoms with E-state index in [2.05, 4.69) is 40.7 Å². The highest BCUT2D eigenvalue weighted by molar-refractivity contribution is 9.10. The average Bonchev–Trinajstić information content (AvgIpc) is 2.83. The van der Waals surface area contributed by atoms with Crippen molar-refractivity contribution in [2.24, 2.45) is 5.73 Å².